The van der Waals surface area contributed by atoms with E-state index in [-0.39, 0.29) is 42.7 Å². The number of carbonyl (C=O) groups excluding carboxylic acids is 3. The van der Waals surface area contributed by atoms with E-state index < -0.39 is 18.1 Å². The minimum absolute atomic E-state index is 0.0415. The number of esters is 2. The molecule has 2 atom stereocenters. The maximum atomic E-state index is 12.8. The Morgan fingerprint density at radius 2 is 0.883 bits per heavy atom. The van der Waals surface area contributed by atoms with Crippen molar-refractivity contribution in [1.82, 2.24) is 0 Å². The largest absolute Gasteiger partial charge is 0.544 e. The summed E-state index contributed by atoms with van der Waals surface area (Å²) in [4.78, 5) is 37.0. The van der Waals surface area contributed by atoms with Crippen LogP contribution in [-0.2, 0) is 28.6 Å². The summed E-state index contributed by atoms with van der Waals surface area (Å²) < 4.78 is 17.2. The zero-order valence-corrected chi connectivity index (χ0v) is 39.9. The Bertz CT molecular complexity index is 1080. The second kappa shape index (κ2) is 43.2. The molecule has 0 aliphatic rings. The predicted octanol–water partition coefficient (Wildman–Crippen LogP) is 12.9. The van der Waals surface area contributed by atoms with E-state index in [1.807, 2.05) is 0 Å². The van der Waals surface area contributed by atoms with Gasteiger partial charge < -0.3 is 28.6 Å². The van der Waals surface area contributed by atoms with E-state index in [1.165, 1.54) is 135 Å². The molecule has 8 nitrogen and oxygen atoms in total. The first-order valence-electron chi connectivity index (χ1n) is 25.0. The van der Waals surface area contributed by atoms with Crippen LogP contribution < -0.4 is 5.11 Å². The highest BCUT2D eigenvalue weighted by molar-refractivity contribution is 5.70. The molecular formula is C52H95NO7. The van der Waals surface area contributed by atoms with Crippen LogP contribution in [0.15, 0.2) is 36.5 Å². The number of carboxylic acids is 1. The monoisotopic (exact) mass is 846 g/mol. The van der Waals surface area contributed by atoms with Gasteiger partial charge in [-0.05, 0) is 51.4 Å². The van der Waals surface area contributed by atoms with Crippen LogP contribution in [-0.4, -0.2) is 75.5 Å². The maximum Gasteiger partial charge on any atom is 0.306 e. The first-order valence-corrected chi connectivity index (χ1v) is 25.0. The van der Waals surface area contributed by atoms with Crippen molar-refractivity contribution in [2.75, 3.05) is 41.0 Å². The predicted molar refractivity (Wildman–Crippen MR) is 250 cm³/mol. The third-order valence-electron chi connectivity index (χ3n) is 11.3. The molecule has 0 saturated carbocycles. The Morgan fingerprint density at radius 3 is 1.33 bits per heavy atom. The molecule has 0 bridgehead atoms. The van der Waals surface area contributed by atoms with E-state index in [0.29, 0.717) is 12.8 Å². The van der Waals surface area contributed by atoms with Crippen LogP contribution in [0, 0.1) is 0 Å². The van der Waals surface area contributed by atoms with Gasteiger partial charge in [0.25, 0.3) is 0 Å². The van der Waals surface area contributed by atoms with E-state index in [0.717, 1.165) is 57.8 Å². The van der Waals surface area contributed by atoms with Crippen LogP contribution >= 0.6 is 0 Å². The summed E-state index contributed by atoms with van der Waals surface area (Å²) in [6.45, 7) is 4.65. The molecule has 0 aliphatic carbocycles. The fraction of sp³-hybridized carbons (Fsp3) is 0.827. The quantitative estimate of drug-likeness (QED) is 0.0260. The van der Waals surface area contributed by atoms with Gasteiger partial charge in [-0.2, -0.15) is 0 Å². The number of unbranched alkanes of at least 4 members (excludes halogenated alkanes) is 25. The third kappa shape index (κ3) is 40.9. The van der Waals surface area contributed by atoms with Gasteiger partial charge in [0.2, 0.25) is 0 Å². The number of aliphatic carboxylic acids is 1. The molecule has 0 aromatic carbocycles. The van der Waals surface area contributed by atoms with E-state index in [4.69, 9.17) is 14.2 Å². The van der Waals surface area contributed by atoms with Gasteiger partial charge in [-0.1, -0.05) is 192 Å². The summed E-state index contributed by atoms with van der Waals surface area (Å²) in [6, 6.07) is -0.725. The lowest BCUT2D eigenvalue weighted by atomic mass is 10.0. The van der Waals surface area contributed by atoms with Crippen LogP contribution in [0.1, 0.15) is 226 Å². The van der Waals surface area contributed by atoms with E-state index in [2.05, 4.69) is 50.3 Å². The number of rotatable bonds is 45. The SMILES string of the molecule is CCCCC/C=C/C/C=C/C/C=C/CCCCCCCCCCCC(=O)OC(COCCC(C(=O)[O-])[N+](C)(C)C)COC(=O)CCCCCCCCCCCCCCCC. The van der Waals surface area contributed by atoms with Gasteiger partial charge >= 0.3 is 11.9 Å². The van der Waals surface area contributed by atoms with Crippen LogP contribution in [0.4, 0.5) is 0 Å². The zero-order chi connectivity index (χ0) is 44.2. The molecule has 0 aliphatic heterocycles. The lowest BCUT2D eigenvalue weighted by Crippen LogP contribution is -2.55. The number of hydrogen-bond acceptors (Lipinski definition) is 7. The molecule has 350 valence electrons. The van der Waals surface area contributed by atoms with E-state index >= 15 is 0 Å². The van der Waals surface area contributed by atoms with Crippen molar-refractivity contribution in [3.63, 3.8) is 0 Å². The Kier molecular flexibility index (Phi) is 41.4. The van der Waals surface area contributed by atoms with Crippen molar-refractivity contribution in [3.8, 4) is 0 Å². The summed E-state index contributed by atoms with van der Waals surface area (Å²) in [6.07, 6.45) is 50.2. The van der Waals surface area contributed by atoms with E-state index in [1.54, 1.807) is 21.1 Å². The molecule has 0 fully saturated rings. The summed E-state index contributed by atoms with van der Waals surface area (Å²) in [5.41, 5.74) is 0. The van der Waals surface area contributed by atoms with Crippen molar-refractivity contribution >= 4 is 17.9 Å². The fourth-order valence-electron chi connectivity index (χ4n) is 7.37. The molecule has 0 amide bonds. The summed E-state index contributed by atoms with van der Waals surface area (Å²) >= 11 is 0. The van der Waals surface area contributed by atoms with Crippen LogP contribution in [0.25, 0.3) is 0 Å². The van der Waals surface area contributed by atoms with Crippen LogP contribution in [0.5, 0.6) is 0 Å². The fourth-order valence-corrected chi connectivity index (χ4v) is 7.37. The minimum Gasteiger partial charge on any atom is -0.544 e. The van der Waals surface area contributed by atoms with Crippen LogP contribution in [0.3, 0.4) is 0 Å². The first-order chi connectivity index (χ1) is 29.1. The number of ether oxygens (including phenoxy) is 3. The minimum atomic E-state index is -1.12. The van der Waals surface area contributed by atoms with Gasteiger partial charge in [-0.15, -0.1) is 0 Å². The van der Waals surface area contributed by atoms with Crippen molar-refractivity contribution < 1.29 is 38.2 Å². The average Bonchev–Trinajstić information content (AvgIpc) is 3.21. The molecule has 0 spiro atoms. The molecule has 0 radical (unpaired) electrons. The van der Waals surface area contributed by atoms with Gasteiger partial charge in [-0.3, -0.25) is 9.59 Å². The Morgan fingerprint density at radius 1 is 0.500 bits per heavy atom. The van der Waals surface area contributed by atoms with Gasteiger partial charge in [0.1, 0.15) is 12.6 Å². The highest BCUT2D eigenvalue weighted by atomic mass is 16.6. The highest BCUT2D eigenvalue weighted by Crippen LogP contribution is 2.15. The lowest BCUT2D eigenvalue weighted by Gasteiger charge is -2.34. The summed E-state index contributed by atoms with van der Waals surface area (Å²) in [5.74, 6) is -1.73. The normalized spacial score (nSPS) is 13.2. The van der Waals surface area contributed by atoms with E-state index in [9.17, 15) is 19.5 Å². The van der Waals surface area contributed by atoms with Crippen LogP contribution in [0.2, 0.25) is 0 Å². The topological polar surface area (TPSA) is 102 Å². The van der Waals surface area contributed by atoms with Gasteiger partial charge in [0, 0.05) is 19.3 Å². The van der Waals surface area contributed by atoms with Crippen molar-refractivity contribution in [3.05, 3.63) is 36.5 Å². The molecule has 60 heavy (non-hydrogen) atoms. The highest BCUT2D eigenvalue weighted by Gasteiger charge is 2.25. The second-order valence-electron chi connectivity index (χ2n) is 18.1. The maximum absolute atomic E-state index is 12.8. The number of likely N-dealkylation sites (N-methyl/N-ethyl adjacent to an activating group) is 1. The molecule has 8 heteroatoms. The molecular weight excluding hydrogens is 751 g/mol. The molecule has 0 aromatic rings. The molecule has 0 saturated heterocycles. The summed E-state index contributed by atoms with van der Waals surface area (Å²) in [5, 5.41) is 11.6. The smallest absolute Gasteiger partial charge is 0.306 e. The molecule has 0 rings (SSSR count). The van der Waals surface area contributed by atoms with Crippen molar-refractivity contribution in [2.24, 2.45) is 0 Å². The second-order valence-corrected chi connectivity index (χ2v) is 18.1. The zero-order valence-electron chi connectivity index (χ0n) is 39.9. The number of carbonyl (C=O) groups is 3. The van der Waals surface area contributed by atoms with Crippen molar-refractivity contribution in [1.29, 1.82) is 0 Å². The summed E-state index contributed by atoms with van der Waals surface area (Å²) in [7, 11) is 5.42. The first kappa shape index (κ1) is 57.5. The van der Waals surface area contributed by atoms with Gasteiger partial charge in [-0.25, -0.2) is 0 Å². The molecule has 2 unspecified atom stereocenters. The number of quaternary nitrogens is 1. The number of allylic oxidation sites excluding steroid dienone is 6. The Balaban J connectivity index is 4.24. The van der Waals surface area contributed by atoms with Gasteiger partial charge in [0.15, 0.2) is 6.10 Å². The number of carboxylic acid groups (broad SMARTS) is 1. The third-order valence-corrected chi connectivity index (χ3v) is 11.3. The average molecular weight is 846 g/mol. The standard InChI is InChI=1S/C52H95NO7/c1-6-8-10-12-14-16-18-20-22-23-24-25-26-27-28-29-31-33-35-37-39-41-43-51(55)60-48(46-58-45-44-49(52(56)57)53(3,4)5)47-59-50(54)42-40-38-36-34-32-30-21-19-17-15-13-11-9-7-2/h14,16,20,22,24-25,48-49H,6-13,15,17-19,21,23,26-47H2,1-5H3/b16-14+,22-20+,25-24+. The molecule has 0 N–H and O–H groups in total. The molecule has 0 heterocycles. The lowest BCUT2D eigenvalue weighted by molar-refractivity contribution is -0.889. The van der Waals surface area contributed by atoms with Gasteiger partial charge in [0.05, 0.1) is 40.3 Å². The molecule has 0 aromatic heterocycles. The number of nitrogens with zero attached hydrogens (tertiary/aromatic N) is 1. The van der Waals surface area contributed by atoms with Crippen molar-refractivity contribution in [2.45, 2.75) is 238 Å². The Labute approximate surface area is 370 Å². The Hall–Kier alpha value is -2.45. The number of hydrogen-bond donors (Lipinski definition) is 0.